The first-order valence-corrected chi connectivity index (χ1v) is 8.00. The highest BCUT2D eigenvalue weighted by molar-refractivity contribution is 5.14. The van der Waals surface area contributed by atoms with Gasteiger partial charge in [-0.05, 0) is 31.2 Å². The van der Waals surface area contributed by atoms with Gasteiger partial charge in [0.2, 0.25) is 0 Å². The summed E-state index contributed by atoms with van der Waals surface area (Å²) >= 11 is 0. The SMILES string of the molecule is c1ccc(CN2CCC(NC3CCCOCC3)C2)cc1. The molecule has 0 bridgehead atoms. The van der Waals surface area contributed by atoms with E-state index in [0.717, 1.165) is 19.8 Å². The molecule has 2 aliphatic heterocycles. The van der Waals surface area contributed by atoms with Gasteiger partial charge in [0.25, 0.3) is 0 Å². The molecule has 2 unspecified atom stereocenters. The highest BCUT2D eigenvalue weighted by Crippen LogP contribution is 2.16. The van der Waals surface area contributed by atoms with Gasteiger partial charge in [0.1, 0.15) is 0 Å². The van der Waals surface area contributed by atoms with Crippen LogP contribution in [0.4, 0.5) is 0 Å². The highest BCUT2D eigenvalue weighted by Gasteiger charge is 2.24. The molecule has 1 N–H and O–H groups in total. The average Bonchev–Trinajstić information content (AvgIpc) is 2.74. The first-order chi connectivity index (χ1) is 9.90. The molecular formula is C17H26N2O. The van der Waals surface area contributed by atoms with Gasteiger partial charge in [-0.2, -0.15) is 0 Å². The quantitative estimate of drug-likeness (QED) is 0.912. The molecular weight excluding hydrogens is 248 g/mol. The summed E-state index contributed by atoms with van der Waals surface area (Å²) in [4.78, 5) is 2.57. The summed E-state index contributed by atoms with van der Waals surface area (Å²) < 4.78 is 5.54. The first kappa shape index (κ1) is 14.1. The summed E-state index contributed by atoms with van der Waals surface area (Å²) in [6.07, 6.45) is 4.94. The number of nitrogens with zero attached hydrogens (tertiary/aromatic N) is 1. The van der Waals surface area contributed by atoms with Crippen molar-refractivity contribution in [3.05, 3.63) is 35.9 Å². The zero-order valence-electron chi connectivity index (χ0n) is 12.3. The van der Waals surface area contributed by atoms with Crippen molar-refractivity contribution in [2.24, 2.45) is 0 Å². The third kappa shape index (κ3) is 4.05. The average molecular weight is 274 g/mol. The molecule has 1 aromatic rings. The lowest BCUT2D eigenvalue weighted by atomic mass is 10.1. The zero-order valence-corrected chi connectivity index (χ0v) is 12.3. The molecule has 1 aromatic carbocycles. The minimum atomic E-state index is 0.666. The normalized spacial score (nSPS) is 28.4. The van der Waals surface area contributed by atoms with Gasteiger partial charge in [-0.3, -0.25) is 4.90 Å². The molecule has 20 heavy (non-hydrogen) atoms. The monoisotopic (exact) mass is 274 g/mol. The Hall–Kier alpha value is -0.900. The maximum atomic E-state index is 5.54. The van der Waals surface area contributed by atoms with Gasteiger partial charge >= 0.3 is 0 Å². The van der Waals surface area contributed by atoms with E-state index in [-0.39, 0.29) is 0 Å². The van der Waals surface area contributed by atoms with Crippen molar-refractivity contribution in [1.82, 2.24) is 10.2 Å². The molecule has 2 heterocycles. The Bertz CT molecular complexity index is 387. The predicted molar refractivity (Wildman–Crippen MR) is 81.7 cm³/mol. The number of rotatable bonds is 4. The van der Waals surface area contributed by atoms with Gasteiger partial charge in [0.15, 0.2) is 0 Å². The van der Waals surface area contributed by atoms with Crippen molar-refractivity contribution in [1.29, 1.82) is 0 Å². The molecule has 0 amide bonds. The van der Waals surface area contributed by atoms with Crippen molar-refractivity contribution < 1.29 is 4.74 Å². The van der Waals surface area contributed by atoms with Crippen LogP contribution < -0.4 is 5.32 Å². The molecule has 3 rings (SSSR count). The fourth-order valence-corrected chi connectivity index (χ4v) is 3.36. The predicted octanol–water partition coefficient (Wildman–Crippen LogP) is 2.42. The molecule has 2 saturated heterocycles. The maximum absolute atomic E-state index is 5.54. The molecule has 2 aliphatic rings. The number of likely N-dealkylation sites (tertiary alicyclic amines) is 1. The second-order valence-corrected chi connectivity index (χ2v) is 6.11. The van der Waals surface area contributed by atoms with E-state index < -0.39 is 0 Å². The standard InChI is InChI=1S/C17H26N2O/c1-2-5-15(6-3-1)13-19-10-8-17(14-19)18-16-7-4-11-20-12-9-16/h1-3,5-6,16-18H,4,7-14H2. The van der Waals surface area contributed by atoms with E-state index in [9.17, 15) is 0 Å². The van der Waals surface area contributed by atoms with Gasteiger partial charge in [-0.1, -0.05) is 30.3 Å². The molecule has 0 spiro atoms. The Labute approximate surface area is 122 Å². The van der Waals surface area contributed by atoms with Crippen LogP contribution in [0, 0.1) is 0 Å². The molecule has 2 atom stereocenters. The van der Waals surface area contributed by atoms with Crippen LogP contribution >= 0.6 is 0 Å². The number of hydrogen-bond acceptors (Lipinski definition) is 3. The van der Waals surface area contributed by atoms with E-state index in [4.69, 9.17) is 4.74 Å². The molecule has 3 nitrogen and oxygen atoms in total. The summed E-state index contributed by atoms with van der Waals surface area (Å²) in [5, 5.41) is 3.85. The molecule has 0 aliphatic carbocycles. The Morgan fingerprint density at radius 2 is 1.95 bits per heavy atom. The van der Waals surface area contributed by atoms with Crippen LogP contribution in [0.15, 0.2) is 30.3 Å². The van der Waals surface area contributed by atoms with Crippen LogP contribution in [0.5, 0.6) is 0 Å². The van der Waals surface area contributed by atoms with Gasteiger partial charge in [-0.15, -0.1) is 0 Å². The summed E-state index contributed by atoms with van der Waals surface area (Å²) in [5.74, 6) is 0. The first-order valence-electron chi connectivity index (χ1n) is 8.00. The highest BCUT2D eigenvalue weighted by atomic mass is 16.5. The Kier molecular flexibility index (Phi) is 5.06. The maximum Gasteiger partial charge on any atom is 0.0480 e. The number of hydrogen-bond donors (Lipinski definition) is 1. The lowest BCUT2D eigenvalue weighted by Crippen LogP contribution is -2.40. The summed E-state index contributed by atoms with van der Waals surface area (Å²) in [5.41, 5.74) is 1.43. The van der Waals surface area contributed by atoms with Crippen molar-refractivity contribution in [3.63, 3.8) is 0 Å². The molecule has 0 saturated carbocycles. The Morgan fingerprint density at radius 3 is 2.85 bits per heavy atom. The summed E-state index contributed by atoms with van der Waals surface area (Å²) in [6.45, 7) is 5.37. The second-order valence-electron chi connectivity index (χ2n) is 6.11. The fourth-order valence-electron chi connectivity index (χ4n) is 3.36. The smallest absolute Gasteiger partial charge is 0.0480 e. The van der Waals surface area contributed by atoms with Crippen LogP contribution in [0.2, 0.25) is 0 Å². The van der Waals surface area contributed by atoms with E-state index in [1.165, 1.54) is 44.3 Å². The molecule has 2 fully saturated rings. The Morgan fingerprint density at radius 1 is 1.05 bits per heavy atom. The minimum absolute atomic E-state index is 0.666. The van der Waals surface area contributed by atoms with E-state index >= 15 is 0 Å². The van der Waals surface area contributed by atoms with Crippen LogP contribution in [-0.4, -0.2) is 43.3 Å². The van der Waals surface area contributed by atoms with E-state index in [0.29, 0.717) is 12.1 Å². The van der Waals surface area contributed by atoms with E-state index in [1.807, 2.05) is 0 Å². The van der Waals surface area contributed by atoms with Crippen LogP contribution in [0.3, 0.4) is 0 Å². The van der Waals surface area contributed by atoms with Crippen LogP contribution in [0.25, 0.3) is 0 Å². The minimum Gasteiger partial charge on any atom is -0.381 e. The van der Waals surface area contributed by atoms with Gasteiger partial charge in [0, 0.05) is 44.9 Å². The third-order valence-corrected chi connectivity index (χ3v) is 4.44. The Balaban J connectivity index is 1.44. The topological polar surface area (TPSA) is 24.5 Å². The lowest BCUT2D eigenvalue weighted by molar-refractivity contribution is 0.142. The number of nitrogens with one attached hydrogen (secondary N) is 1. The largest absolute Gasteiger partial charge is 0.381 e. The van der Waals surface area contributed by atoms with E-state index in [2.05, 4.69) is 40.5 Å². The number of benzene rings is 1. The molecule has 0 radical (unpaired) electrons. The number of ether oxygens (including phenoxy) is 1. The third-order valence-electron chi connectivity index (χ3n) is 4.44. The second kappa shape index (κ2) is 7.21. The van der Waals surface area contributed by atoms with Crippen molar-refractivity contribution in [3.8, 4) is 0 Å². The van der Waals surface area contributed by atoms with Crippen molar-refractivity contribution in [2.45, 2.75) is 44.3 Å². The molecule has 110 valence electrons. The zero-order chi connectivity index (χ0) is 13.6. The lowest BCUT2D eigenvalue weighted by Gasteiger charge is -2.22. The summed E-state index contributed by atoms with van der Waals surface area (Å²) in [6, 6.07) is 12.1. The van der Waals surface area contributed by atoms with Gasteiger partial charge in [-0.25, -0.2) is 0 Å². The fraction of sp³-hybridized carbons (Fsp3) is 0.647. The molecule has 3 heteroatoms. The molecule has 0 aromatic heterocycles. The van der Waals surface area contributed by atoms with Crippen LogP contribution in [0.1, 0.15) is 31.2 Å². The van der Waals surface area contributed by atoms with E-state index in [1.54, 1.807) is 0 Å². The van der Waals surface area contributed by atoms with Gasteiger partial charge in [0.05, 0.1) is 0 Å². The van der Waals surface area contributed by atoms with Crippen molar-refractivity contribution >= 4 is 0 Å². The van der Waals surface area contributed by atoms with Crippen LogP contribution in [-0.2, 0) is 11.3 Å². The summed E-state index contributed by atoms with van der Waals surface area (Å²) in [7, 11) is 0. The van der Waals surface area contributed by atoms with Gasteiger partial charge < -0.3 is 10.1 Å². The van der Waals surface area contributed by atoms with Crippen molar-refractivity contribution in [2.75, 3.05) is 26.3 Å².